The van der Waals surface area contributed by atoms with Crippen LogP contribution < -0.4 is 0 Å². The maximum Gasteiger partial charge on any atom is 0.417 e. The van der Waals surface area contributed by atoms with Gasteiger partial charge >= 0.3 is 6.18 Å². The zero-order valence-electron chi connectivity index (χ0n) is 9.89. The first-order valence-electron chi connectivity index (χ1n) is 5.44. The number of oxime groups is 1. The predicted octanol–water partition coefficient (Wildman–Crippen LogP) is 3.98. The van der Waals surface area contributed by atoms with E-state index in [9.17, 15) is 13.2 Å². The lowest BCUT2D eigenvalue weighted by Gasteiger charge is -2.10. The molecule has 2 rings (SSSR count). The van der Waals surface area contributed by atoms with Gasteiger partial charge in [-0.05, 0) is 6.07 Å². The van der Waals surface area contributed by atoms with Gasteiger partial charge in [0, 0.05) is 11.8 Å². The van der Waals surface area contributed by atoms with Crippen LogP contribution in [0.15, 0.2) is 47.8 Å². The minimum absolute atomic E-state index is 0.00400. The van der Waals surface area contributed by atoms with Crippen molar-refractivity contribution in [2.75, 3.05) is 0 Å². The number of rotatable bonds is 2. The highest BCUT2D eigenvalue weighted by atomic mass is 35.5. The summed E-state index contributed by atoms with van der Waals surface area (Å²) in [5.41, 5.74) is -0.488. The molecule has 0 spiro atoms. The van der Waals surface area contributed by atoms with Crippen molar-refractivity contribution in [2.45, 2.75) is 6.18 Å². The lowest BCUT2D eigenvalue weighted by atomic mass is 10.1. The normalized spacial score (nSPS) is 12.5. The largest absolute Gasteiger partial charge is 0.417 e. The predicted molar refractivity (Wildman–Crippen MR) is 68.1 cm³/mol. The summed E-state index contributed by atoms with van der Waals surface area (Å²) in [7, 11) is 0. The molecule has 0 aliphatic heterocycles. The molecule has 7 heteroatoms. The maximum atomic E-state index is 12.5. The third kappa shape index (κ3) is 2.91. The summed E-state index contributed by atoms with van der Waals surface area (Å²) in [6.07, 6.45) is -3.88. The van der Waals surface area contributed by atoms with Crippen molar-refractivity contribution in [1.82, 2.24) is 4.98 Å². The monoisotopic (exact) mass is 300 g/mol. The van der Waals surface area contributed by atoms with Crippen LogP contribution in [0.2, 0.25) is 5.02 Å². The van der Waals surface area contributed by atoms with E-state index in [4.69, 9.17) is 16.8 Å². The molecule has 0 aliphatic carbocycles. The summed E-state index contributed by atoms with van der Waals surface area (Å²) < 4.78 is 37.6. The lowest BCUT2D eigenvalue weighted by molar-refractivity contribution is -0.137. The Balaban J connectivity index is 2.48. The summed E-state index contributed by atoms with van der Waals surface area (Å²) in [5.74, 6) is 0. The number of hydrogen-bond acceptors (Lipinski definition) is 3. The Morgan fingerprint density at radius 3 is 2.35 bits per heavy atom. The molecular weight excluding hydrogens is 293 g/mol. The molecule has 104 valence electrons. The number of benzene rings is 1. The van der Waals surface area contributed by atoms with Gasteiger partial charge in [0.05, 0.1) is 10.6 Å². The van der Waals surface area contributed by atoms with Gasteiger partial charge in [-0.3, -0.25) is 4.98 Å². The summed E-state index contributed by atoms with van der Waals surface area (Å²) in [6.45, 7) is 0. The number of pyridine rings is 1. The molecule has 20 heavy (non-hydrogen) atoms. The molecule has 3 nitrogen and oxygen atoms in total. The third-order valence-corrected chi connectivity index (χ3v) is 2.83. The minimum atomic E-state index is -4.53. The highest BCUT2D eigenvalue weighted by molar-refractivity contribution is 6.35. The minimum Gasteiger partial charge on any atom is -0.410 e. The van der Waals surface area contributed by atoms with Gasteiger partial charge in [0.2, 0.25) is 0 Å². The third-order valence-electron chi connectivity index (χ3n) is 2.54. The molecule has 0 unspecified atom stereocenters. The van der Waals surface area contributed by atoms with Crippen molar-refractivity contribution in [3.05, 3.63) is 64.4 Å². The van der Waals surface area contributed by atoms with Crippen LogP contribution in [0.1, 0.15) is 16.8 Å². The molecule has 2 aromatic rings. The van der Waals surface area contributed by atoms with Crippen LogP contribution in [-0.4, -0.2) is 15.9 Å². The van der Waals surface area contributed by atoms with Crippen molar-refractivity contribution in [3.8, 4) is 0 Å². The zero-order chi connectivity index (χ0) is 14.8. The Hall–Kier alpha value is -2.08. The van der Waals surface area contributed by atoms with Gasteiger partial charge in [-0.2, -0.15) is 13.2 Å². The van der Waals surface area contributed by atoms with E-state index < -0.39 is 11.7 Å². The van der Waals surface area contributed by atoms with Crippen LogP contribution in [-0.2, 0) is 6.18 Å². The molecule has 0 amide bonds. The first kappa shape index (κ1) is 14.3. The highest BCUT2D eigenvalue weighted by Crippen LogP contribution is 2.31. The number of hydrogen-bond donors (Lipinski definition) is 1. The molecule has 0 fully saturated rings. The number of halogens is 4. The molecule has 1 N–H and O–H groups in total. The van der Waals surface area contributed by atoms with Gasteiger partial charge in [-0.25, -0.2) is 0 Å². The standard InChI is InChI=1S/C13H8ClF3N2O/c14-10-6-9(13(15,16)17)7-18-12(10)11(19-20)8-4-2-1-3-5-8/h1-7,20H. The van der Waals surface area contributed by atoms with Crippen molar-refractivity contribution in [1.29, 1.82) is 0 Å². The first-order chi connectivity index (χ1) is 9.43. The van der Waals surface area contributed by atoms with Gasteiger partial charge in [0.25, 0.3) is 0 Å². The highest BCUT2D eigenvalue weighted by Gasteiger charge is 2.32. The summed E-state index contributed by atoms with van der Waals surface area (Å²) in [4.78, 5) is 3.65. The van der Waals surface area contributed by atoms with Gasteiger partial charge in [0.1, 0.15) is 11.4 Å². The Morgan fingerprint density at radius 2 is 1.85 bits per heavy atom. The van der Waals surface area contributed by atoms with Crippen molar-refractivity contribution < 1.29 is 18.4 Å². The second-order valence-corrected chi connectivity index (χ2v) is 4.27. The Labute approximate surface area is 117 Å². The molecule has 0 radical (unpaired) electrons. The van der Waals surface area contributed by atoms with Gasteiger partial charge in [-0.15, -0.1) is 0 Å². The second-order valence-electron chi connectivity index (χ2n) is 3.87. The average molecular weight is 301 g/mol. The Morgan fingerprint density at radius 1 is 1.20 bits per heavy atom. The van der Waals surface area contributed by atoms with Crippen molar-refractivity contribution >= 4 is 17.3 Å². The molecule has 1 aromatic heterocycles. The summed E-state index contributed by atoms with van der Waals surface area (Å²) in [5, 5.41) is 11.9. The molecule has 0 aliphatic rings. The quantitative estimate of drug-likeness (QED) is 0.518. The maximum absolute atomic E-state index is 12.5. The fourth-order valence-electron chi connectivity index (χ4n) is 1.61. The SMILES string of the molecule is ON=C(c1ccccc1)c1ncc(C(F)(F)F)cc1Cl. The van der Waals surface area contributed by atoms with Crippen molar-refractivity contribution in [3.63, 3.8) is 0 Å². The fourth-order valence-corrected chi connectivity index (χ4v) is 1.86. The molecule has 1 heterocycles. The van der Waals surface area contributed by atoms with Crippen LogP contribution in [0.25, 0.3) is 0 Å². The van der Waals surface area contributed by atoms with E-state index in [1.54, 1.807) is 30.3 Å². The molecule has 0 saturated carbocycles. The molecular formula is C13H8ClF3N2O. The average Bonchev–Trinajstić information content (AvgIpc) is 2.41. The van der Waals surface area contributed by atoms with Crippen LogP contribution in [0.4, 0.5) is 13.2 Å². The first-order valence-corrected chi connectivity index (χ1v) is 5.82. The van der Waals surface area contributed by atoms with Crippen LogP contribution in [0, 0.1) is 0 Å². The van der Waals surface area contributed by atoms with E-state index >= 15 is 0 Å². The van der Waals surface area contributed by atoms with Gasteiger partial charge in [-0.1, -0.05) is 47.1 Å². The topological polar surface area (TPSA) is 45.5 Å². The van der Waals surface area contributed by atoms with Crippen molar-refractivity contribution in [2.24, 2.45) is 5.16 Å². The fraction of sp³-hybridized carbons (Fsp3) is 0.0769. The number of aromatic nitrogens is 1. The number of nitrogens with zero attached hydrogens (tertiary/aromatic N) is 2. The van der Waals surface area contributed by atoms with E-state index in [0.717, 1.165) is 6.07 Å². The van der Waals surface area contributed by atoms with Crippen LogP contribution in [0.5, 0.6) is 0 Å². The zero-order valence-corrected chi connectivity index (χ0v) is 10.7. The summed E-state index contributed by atoms with van der Waals surface area (Å²) in [6, 6.07) is 9.14. The van der Waals surface area contributed by atoms with Gasteiger partial charge < -0.3 is 5.21 Å². The molecule has 0 saturated heterocycles. The number of alkyl halides is 3. The smallest absolute Gasteiger partial charge is 0.410 e. The van der Waals surface area contributed by atoms with Gasteiger partial charge in [0.15, 0.2) is 0 Å². The Kier molecular flexibility index (Phi) is 3.94. The summed E-state index contributed by atoms with van der Waals surface area (Å²) >= 11 is 5.80. The van der Waals surface area contributed by atoms with E-state index in [2.05, 4.69) is 10.1 Å². The molecule has 0 bridgehead atoms. The Bertz CT molecular complexity index is 642. The van der Waals surface area contributed by atoms with Crippen LogP contribution >= 0.6 is 11.6 Å². The molecule has 1 aromatic carbocycles. The van der Waals surface area contributed by atoms with E-state index in [-0.39, 0.29) is 16.4 Å². The second kappa shape index (κ2) is 5.50. The lowest BCUT2D eigenvalue weighted by Crippen LogP contribution is -2.11. The van der Waals surface area contributed by atoms with E-state index in [1.165, 1.54) is 0 Å². The van der Waals surface area contributed by atoms with E-state index in [0.29, 0.717) is 11.8 Å². The van der Waals surface area contributed by atoms with Crippen LogP contribution in [0.3, 0.4) is 0 Å². The van der Waals surface area contributed by atoms with E-state index in [1.807, 2.05) is 0 Å². The molecule has 0 atom stereocenters.